The molecule has 0 spiro atoms. The number of ether oxygens (including phenoxy) is 2. The molecule has 3 rings (SSSR count). The molecular formula is C20H23N5O2. The number of rotatable bonds is 9. The molecule has 0 fully saturated rings. The molecule has 0 aliphatic carbocycles. The average molecular weight is 365 g/mol. The molecule has 3 aromatic rings. The van der Waals surface area contributed by atoms with Gasteiger partial charge in [-0.3, -0.25) is 0 Å². The van der Waals surface area contributed by atoms with E-state index < -0.39 is 0 Å². The van der Waals surface area contributed by atoms with E-state index in [1.165, 1.54) is 11.1 Å². The van der Waals surface area contributed by atoms with Gasteiger partial charge < -0.3 is 20.1 Å². The van der Waals surface area contributed by atoms with Crippen molar-refractivity contribution < 1.29 is 9.47 Å². The number of nitrogens with one attached hydrogen (secondary N) is 2. The van der Waals surface area contributed by atoms with Crippen molar-refractivity contribution in [3.8, 4) is 11.5 Å². The van der Waals surface area contributed by atoms with Crippen LogP contribution in [0.25, 0.3) is 0 Å². The van der Waals surface area contributed by atoms with Gasteiger partial charge in [0, 0.05) is 6.54 Å². The van der Waals surface area contributed by atoms with Crippen molar-refractivity contribution in [2.24, 2.45) is 0 Å². The fourth-order valence-corrected chi connectivity index (χ4v) is 2.37. The Morgan fingerprint density at radius 3 is 2.41 bits per heavy atom. The summed E-state index contributed by atoms with van der Waals surface area (Å²) < 4.78 is 10.8. The summed E-state index contributed by atoms with van der Waals surface area (Å²) in [5, 5.41) is 14.3. The smallest absolute Gasteiger partial charge is 0.244 e. The molecule has 140 valence electrons. The highest BCUT2D eigenvalue weighted by molar-refractivity contribution is 5.38. The largest absolute Gasteiger partial charge is 0.497 e. The zero-order valence-electron chi connectivity index (χ0n) is 15.5. The minimum Gasteiger partial charge on any atom is -0.497 e. The number of aryl methyl sites for hydroxylation is 1. The summed E-state index contributed by atoms with van der Waals surface area (Å²) in [6.07, 6.45) is 1.60. The molecule has 1 heterocycles. The fourth-order valence-electron chi connectivity index (χ4n) is 2.37. The maximum Gasteiger partial charge on any atom is 0.244 e. The number of benzene rings is 2. The highest BCUT2D eigenvalue weighted by Crippen LogP contribution is 2.16. The number of hydrogen-bond acceptors (Lipinski definition) is 7. The van der Waals surface area contributed by atoms with E-state index in [0.29, 0.717) is 31.5 Å². The molecule has 0 atom stereocenters. The van der Waals surface area contributed by atoms with Gasteiger partial charge in [-0.25, -0.2) is 0 Å². The molecule has 2 aromatic carbocycles. The first kappa shape index (κ1) is 18.4. The van der Waals surface area contributed by atoms with Gasteiger partial charge in [0.2, 0.25) is 5.95 Å². The Morgan fingerprint density at radius 2 is 1.67 bits per heavy atom. The van der Waals surface area contributed by atoms with Crippen LogP contribution in [-0.2, 0) is 6.54 Å². The van der Waals surface area contributed by atoms with E-state index >= 15 is 0 Å². The van der Waals surface area contributed by atoms with Crippen LogP contribution in [0.1, 0.15) is 11.1 Å². The molecule has 27 heavy (non-hydrogen) atoms. The van der Waals surface area contributed by atoms with Gasteiger partial charge in [0.25, 0.3) is 0 Å². The highest BCUT2D eigenvalue weighted by atomic mass is 16.5. The maximum absolute atomic E-state index is 5.66. The Hall–Kier alpha value is -3.35. The normalized spacial score (nSPS) is 10.3. The van der Waals surface area contributed by atoms with Gasteiger partial charge in [0.15, 0.2) is 5.82 Å². The maximum atomic E-state index is 5.66. The molecule has 0 saturated heterocycles. The van der Waals surface area contributed by atoms with Crippen molar-refractivity contribution in [2.45, 2.75) is 13.5 Å². The SMILES string of the molecule is COc1ccc(OCCNc2nncc(NCc3ccc(C)cc3)n2)cc1. The van der Waals surface area contributed by atoms with Crippen LogP contribution in [0.2, 0.25) is 0 Å². The van der Waals surface area contributed by atoms with Gasteiger partial charge in [-0.05, 0) is 36.8 Å². The van der Waals surface area contributed by atoms with Gasteiger partial charge in [-0.1, -0.05) is 29.8 Å². The third kappa shape index (κ3) is 5.85. The molecule has 1 aromatic heterocycles. The number of methoxy groups -OCH3 is 1. The number of aromatic nitrogens is 3. The van der Waals surface area contributed by atoms with Crippen LogP contribution < -0.4 is 20.1 Å². The Morgan fingerprint density at radius 1 is 0.926 bits per heavy atom. The Kier molecular flexibility index (Phi) is 6.40. The monoisotopic (exact) mass is 365 g/mol. The van der Waals surface area contributed by atoms with Gasteiger partial charge in [0.1, 0.15) is 18.1 Å². The molecule has 0 saturated carbocycles. The van der Waals surface area contributed by atoms with Crippen LogP contribution in [0.15, 0.2) is 54.7 Å². The van der Waals surface area contributed by atoms with Gasteiger partial charge >= 0.3 is 0 Å². The summed E-state index contributed by atoms with van der Waals surface area (Å²) in [5.74, 6) is 2.71. The first-order valence-electron chi connectivity index (χ1n) is 8.73. The summed E-state index contributed by atoms with van der Waals surface area (Å²) in [7, 11) is 1.64. The van der Waals surface area contributed by atoms with Crippen LogP contribution in [0.4, 0.5) is 11.8 Å². The summed E-state index contributed by atoms with van der Waals surface area (Å²) in [5.41, 5.74) is 2.42. The minimum atomic E-state index is 0.460. The molecule has 0 radical (unpaired) electrons. The van der Waals surface area contributed by atoms with Crippen molar-refractivity contribution >= 4 is 11.8 Å². The highest BCUT2D eigenvalue weighted by Gasteiger charge is 2.01. The summed E-state index contributed by atoms with van der Waals surface area (Å²) in [6.45, 7) is 3.80. The Balaban J connectivity index is 1.43. The zero-order valence-corrected chi connectivity index (χ0v) is 15.5. The summed E-state index contributed by atoms with van der Waals surface area (Å²) in [4.78, 5) is 4.40. The third-order valence-electron chi connectivity index (χ3n) is 3.87. The average Bonchev–Trinajstić information content (AvgIpc) is 2.71. The van der Waals surface area contributed by atoms with E-state index in [1.807, 2.05) is 24.3 Å². The molecule has 7 heteroatoms. The van der Waals surface area contributed by atoms with Crippen LogP contribution in [0.5, 0.6) is 11.5 Å². The molecule has 0 amide bonds. The second kappa shape index (κ2) is 9.38. The molecular weight excluding hydrogens is 342 g/mol. The molecule has 0 unspecified atom stereocenters. The predicted molar refractivity (Wildman–Crippen MR) is 105 cm³/mol. The van der Waals surface area contributed by atoms with Crippen molar-refractivity contribution in [3.63, 3.8) is 0 Å². The minimum absolute atomic E-state index is 0.460. The van der Waals surface area contributed by atoms with Crippen LogP contribution in [-0.4, -0.2) is 35.4 Å². The lowest BCUT2D eigenvalue weighted by Crippen LogP contribution is -2.14. The molecule has 7 nitrogen and oxygen atoms in total. The molecule has 0 bridgehead atoms. The van der Waals surface area contributed by atoms with E-state index in [1.54, 1.807) is 13.3 Å². The fraction of sp³-hybridized carbons (Fsp3) is 0.250. The second-order valence-electron chi connectivity index (χ2n) is 5.96. The first-order chi connectivity index (χ1) is 13.2. The molecule has 0 aliphatic rings. The number of anilines is 2. The number of nitrogens with zero attached hydrogens (tertiary/aromatic N) is 3. The third-order valence-corrected chi connectivity index (χ3v) is 3.87. The van der Waals surface area contributed by atoms with Crippen LogP contribution >= 0.6 is 0 Å². The summed E-state index contributed by atoms with van der Waals surface area (Å²) in [6, 6.07) is 15.8. The van der Waals surface area contributed by atoms with Crippen molar-refractivity contribution in [1.82, 2.24) is 15.2 Å². The Bertz CT molecular complexity index is 838. The molecule has 2 N–H and O–H groups in total. The quantitative estimate of drug-likeness (QED) is 0.563. The predicted octanol–water partition coefficient (Wildman–Crippen LogP) is 3.29. The van der Waals surface area contributed by atoms with E-state index in [2.05, 4.69) is 57.0 Å². The van der Waals surface area contributed by atoms with Gasteiger partial charge in [0.05, 0.1) is 19.9 Å². The van der Waals surface area contributed by atoms with Gasteiger partial charge in [-0.15, -0.1) is 5.10 Å². The first-order valence-corrected chi connectivity index (χ1v) is 8.73. The van der Waals surface area contributed by atoms with Crippen LogP contribution in [0, 0.1) is 6.92 Å². The van der Waals surface area contributed by atoms with Gasteiger partial charge in [-0.2, -0.15) is 10.1 Å². The lowest BCUT2D eigenvalue weighted by molar-refractivity contribution is 0.331. The van der Waals surface area contributed by atoms with E-state index in [-0.39, 0.29) is 0 Å². The van der Waals surface area contributed by atoms with Crippen molar-refractivity contribution in [3.05, 3.63) is 65.9 Å². The topological polar surface area (TPSA) is 81.2 Å². The standard InChI is InChI=1S/C20H23N5O2/c1-15-3-5-16(6-4-15)13-22-19-14-23-25-20(24-19)21-11-12-27-18-9-7-17(26-2)8-10-18/h3-10,14H,11-13H2,1-2H3,(H2,21,22,24,25). The van der Waals surface area contributed by atoms with Crippen molar-refractivity contribution in [1.29, 1.82) is 0 Å². The van der Waals surface area contributed by atoms with Crippen molar-refractivity contribution in [2.75, 3.05) is 30.9 Å². The second-order valence-corrected chi connectivity index (χ2v) is 5.96. The number of hydrogen-bond donors (Lipinski definition) is 2. The molecule has 0 aliphatic heterocycles. The lowest BCUT2D eigenvalue weighted by Gasteiger charge is -2.09. The van der Waals surface area contributed by atoms with Crippen LogP contribution in [0.3, 0.4) is 0 Å². The van der Waals surface area contributed by atoms with E-state index in [4.69, 9.17) is 9.47 Å². The zero-order chi connectivity index (χ0) is 18.9. The van der Waals surface area contributed by atoms with E-state index in [0.717, 1.165) is 11.5 Å². The summed E-state index contributed by atoms with van der Waals surface area (Å²) >= 11 is 0. The van der Waals surface area contributed by atoms with E-state index in [9.17, 15) is 0 Å². The lowest BCUT2D eigenvalue weighted by atomic mass is 10.1. The Labute approximate surface area is 158 Å².